The second kappa shape index (κ2) is 11.1. The molecule has 0 spiro atoms. The summed E-state index contributed by atoms with van der Waals surface area (Å²) in [6, 6.07) is 5.68. The standard InChI is InChI=1S/C26H33F2NO5/c1-16-12-23(33-14-24(30)32-5)18(3)17(2)21(16)13-20-6-7-22(34-15-31-4)25(29-20)19-8-10-26(27,28)11-9-19/h6-7,12,19H,8-11,13-15H2,1-5H3. The maximum atomic E-state index is 13.7. The van der Waals surface area contributed by atoms with Crippen LogP contribution in [0.15, 0.2) is 18.2 Å². The monoisotopic (exact) mass is 477 g/mol. The van der Waals surface area contributed by atoms with Gasteiger partial charge in [-0.2, -0.15) is 0 Å². The third kappa shape index (κ3) is 6.23. The summed E-state index contributed by atoms with van der Waals surface area (Å²) in [4.78, 5) is 16.3. The van der Waals surface area contributed by atoms with Gasteiger partial charge in [0.25, 0.3) is 0 Å². The number of aryl methyl sites for hydroxylation is 1. The number of alkyl halides is 2. The molecule has 2 aromatic rings. The van der Waals surface area contributed by atoms with Gasteiger partial charge in [0.2, 0.25) is 5.92 Å². The average molecular weight is 478 g/mol. The minimum atomic E-state index is -2.61. The number of methoxy groups -OCH3 is 2. The smallest absolute Gasteiger partial charge is 0.343 e. The summed E-state index contributed by atoms with van der Waals surface area (Å²) in [6.45, 7) is 5.88. The molecule has 1 fully saturated rings. The third-order valence-electron chi connectivity index (χ3n) is 6.52. The maximum Gasteiger partial charge on any atom is 0.343 e. The Balaban J connectivity index is 1.87. The number of nitrogens with zero attached hydrogens (tertiary/aromatic N) is 1. The van der Waals surface area contributed by atoms with Crippen molar-refractivity contribution in [3.05, 3.63) is 51.8 Å². The van der Waals surface area contributed by atoms with E-state index < -0.39 is 11.9 Å². The molecule has 0 N–H and O–H groups in total. The van der Waals surface area contributed by atoms with Crippen molar-refractivity contribution in [1.82, 2.24) is 4.98 Å². The Hall–Kier alpha value is -2.74. The van der Waals surface area contributed by atoms with E-state index in [9.17, 15) is 13.6 Å². The Morgan fingerprint density at radius 1 is 1.06 bits per heavy atom. The van der Waals surface area contributed by atoms with Gasteiger partial charge in [-0.1, -0.05) is 0 Å². The predicted octanol–water partition coefficient (Wildman–Crippen LogP) is 5.43. The van der Waals surface area contributed by atoms with Gasteiger partial charge in [0, 0.05) is 38.0 Å². The molecular weight excluding hydrogens is 444 g/mol. The van der Waals surface area contributed by atoms with Gasteiger partial charge < -0.3 is 18.9 Å². The highest BCUT2D eigenvalue weighted by atomic mass is 19.3. The van der Waals surface area contributed by atoms with Crippen LogP contribution < -0.4 is 9.47 Å². The number of aromatic nitrogens is 1. The van der Waals surface area contributed by atoms with Crippen molar-refractivity contribution in [2.24, 2.45) is 0 Å². The van der Waals surface area contributed by atoms with Crippen molar-refractivity contribution in [3.8, 4) is 11.5 Å². The molecule has 8 heteroatoms. The topological polar surface area (TPSA) is 66.9 Å². The first-order valence-corrected chi connectivity index (χ1v) is 11.4. The minimum Gasteiger partial charge on any atom is -0.482 e. The summed E-state index contributed by atoms with van der Waals surface area (Å²) in [5, 5.41) is 0. The van der Waals surface area contributed by atoms with Crippen LogP contribution in [0.5, 0.6) is 11.5 Å². The van der Waals surface area contributed by atoms with Gasteiger partial charge >= 0.3 is 5.97 Å². The highest BCUT2D eigenvalue weighted by Gasteiger charge is 2.37. The summed E-state index contributed by atoms with van der Waals surface area (Å²) in [5.74, 6) is -1.90. The third-order valence-corrected chi connectivity index (χ3v) is 6.52. The molecule has 1 aromatic carbocycles. The zero-order valence-electron chi connectivity index (χ0n) is 20.5. The van der Waals surface area contributed by atoms with Crippen molar-refractivity contribution in [2.75, 3.05) is 27.6 Å². The molecule has 1 saturated carbocycles. The van der Waals surface area contributed by atoms with E-state index in [1.807, 2.05) is 39.0 Å². The first-order valence-electron chi connectivity index (χ1n) is 11.4. The largest absolute Gasteiger partial charge is 0.482 e. The van der Waals surface area contributed by atoms with Gasteiger partial charge in [-0.15, -0.1) is 0 Å². The quantitative estimate of drug-likeness (QED) is 0.355. The van der Waals surface area contributed by atoms with E-state index in [0.29, 0.717) is 30.8 Å². The molecule has 6 nitrogen and oxygen atoms in total. The lowest BCUT2D eigenvalue weighted by Crippen LogP contribution is -2.24. The van der Waals surface area contributed by atoms with Crippen LogP contribution in [0.3, 0.4) is 0 Å². The zero-order chi connectivity index (χ0) is 24.9. The normalized spacial score (nSPS) is 15.7. The molecular formula is C26H33F2NO5. The number of hydrogen-bond acceptors (Lipinski definition) is 6. The average Bonchev–Trinajstić information content (AvgIpc) is 2.82. The van der Waals surface area contributed by atoms with Crippen molar-refractivity contribution >= 4 is 5.97 Å². The summed E-state index contributed by atoms with van der Waals surface area (Å²) < 4.78 is 48.5. The molecule has 186 valence electrons. The number of esters is 1. The van der Waals surface area contributed by atoms with Crippen molar-refractivity contribution in [1.29, 1.82) is 0 Å². The van der Waals surface area contributed by atoms with Crippen molar-refractivity contribution in [2.45, 2.75) is 64.7 Å². The van der Waals surface area contributed by atoms with Crippen LogP contribution in [0.2, 0.25) is 0 Å². The first kappa shape index (κ1) is 25.9. The minimum absolute atomic E-state index is 0.0708. The van der Waals surface area contributed by atoms with E-state index in [1.54, 1.807) is 0 Å². The highest BCUT2D eigenvalue weighted by molar-refractivity contribution is 5.71. The molecule has 0 bridgehead atoms. The Morgan fingerprint density at radius 2 is 1.76 bits per heavy atom. The zero-order valence-corrected chi connectivity index (χ0v) is 20.5. The SMILES string of the molecule is COCOc1ccc(Cc2c(C)cc(OCC(=O)OC)c(C)c2C)nc1C1CCC(F)(F)CC1. The Kier molecular flexibility index (Phi) is 8.47. The van der Waals surface area contributed by atoms with E-state index >= 15 is 0 Å². The number of rotatable bonds is 9. The van der Waals surface area contributed by atoms with Gasteiger partial charge in [0.1, 0.15) is 11.5 Å². The Labute approximate surface area is 199 Å². The second-order valence-corrected chi connectivity index (χ2v) is 8.83. The number of halogens is 2. The molecule has 0 unspecified atom stereocenters. The fraction of sp³-hybridized carbons (Fsp3) is 0.538. The van der Waals surface area contributed by atoms with Gasteiger partial charge in [-0.05, 0) is 74.1 Å². The molecule has 0 saturated heterocycles. The van der Waals surface area contributed by atoms with Gasteiger partial charge in [-0.25, -0.2) is 13.6 Å². The Morgan fingerprint density at radius 3 is 2.41 bits per heavy atom. The van der Waals surface area contributed by atoms with E-state index in [2.05, 4.69) is 4.74 Å². The number of benzene rings is 1. The van der Waals surface area contributed by atoms with Crippen LogP contribution in [0.4, 0.5) is 8.78 Å². The summed E-state index contributed by atoms with van der Waals surface area (Å²) in [5.41, 5.74) is 5.69. The highest BCUT2D eigenvalue weighted by Crippen LogP contribution is 2.43. The van der Waals surface area contributed by atoms with Gasteiger partial charge in [0.05, 0.1) is 12.8 Å². The predicted molar refractivity (Wildman–Crippen MR) is 124 cm³/mol. The molecule has 1 aliphatic carbocycles. The fourth-order valence-corrected chi connectivity index (χ4v) is 4.35. The molecule has 0 atom stereocenters. The molecule has 3 rings (SSSR count). The van der Waals surface area contributed by atoms with Gasteiger partial charge in [-0.3, -0.25) is 4.98 Å². The van der Waals surface area contributed by atoms with E-state index in [1.165, 1.54) is 14.2 Å². The van der Waals surface area contributed by atoms with Crippen molar-refractivity contribution < 1.29 is 32.5 Å². The lowest BCUT2D eigenvalue weighted by molar-refractivity contribution is -0.142. The van der Waals surface area contributed by atoms with Crippen LogP contribution >= 0.6 is 0 Å². The number of ether oxygens (including phenoxy) is 4. The number of hydrogen-bond donors (Lipinski definition) is 0. The number of pyridine rings is 1. The lowest BCUT2D eigenvalue weighted by atomic mass is 9.84. The first-order chi connectivity index (χ1) is 16.1. The van der Waals surface area contributed by atoms with Crippen LogP contribution in [0.25, 0.3) is 0 Å². The van der Waals surface area contributed by atoms with E-state index in [4.69, 9.17) is 19.2 Å². The van der Waals surface area contributed by atoms with Crippen LogP contribution in [0, 0.1) is 20.8 Å². The fourth-order valence-electron chi connectivity index (χ4n) is 4.35. The summed E-state index contributed by atoms with van der Waals surface area (Å²) in [6.07, 6.45) is 1.04. The second-order valence-electron chi connectivity index (χ2n) is 8.83. The van der Waals surface area contributed by atoms with Crippen molar-refractivity contribution in [3.63, 3.8) is 0 Å². The molecule has 0 aliphatic heterocycles. The number of carbonyl (C=O) groups excluding carboxylic acids is 1. The molecule has 0 radical (unpaired) electrons. The van der Waals surface area contributed by atoms with E-state index in [-0.39, 0.29) is 32.2 Å². The lowest BCUT2D eigenvalue weighted by Gasteiger charge is -2.29. The summed E-state index contributed by atoms with van der Waals surface area (Å²) >= 11 is 0. The number of carbonyl (C=O) groups is 1. The molecule has 1 aliphatic rings. The maximum absolute atomic E-state index is 13.7. The van der Waals surface area contributed by atoms with Gasteiger partial charge in [0.15, 0.2) is 13.4 Å². The van der Waals surface area contributed by atoms with Crippen LogP contribution in [-0.4, -0.2) is 44.5 Å². The summed E-state index contributed by atoms with van der Waals surface area (Å²) in [7, 11) is 2.86. The molecule has 34 heavy (non-hydrogen) atoms. The van der Waals surface area contributed by atoms with Crippen LogP contribution in [0.1, 0.15) is 65.2 Å². The molecule has 1 aromatic heterocycles. The molecule has 1 heterocycles. The molecule has 0 amide bonds. The Bertz CT molecular complexity index is 1010. The van der Waals surface area contributed by atoms with E-state index in [0.717, 1.165) is 33.6 Å². The van der Waals surface area contributed by atoms with Crippen LogP contribution in [-0.2, 0) is 20.7 Å².